The second kappa shape index (κ2) is 9.05. The molecule has 1 aliphatic rings. The van der Waals surface area contributed by atoms with Crippen molar-refractivity contribution in [2.24, 2.45) is 0 Å². The van der Waals surface area contributed by atoms with Gasteiger partial charge in [-0.25, -0.2) is 8.78 Å². The number of nitro benzene ring substituents is 1. The highest BCUT2D eigenvalue weighted by Gasteiger charge is 2.28. The summed E-state index contributed by atoms with van der Waals surface area (Å²) in [5, 5.41) is 15.6. The van der Waals surface area contributed by atoms with Crippen LogP contribution in [0.4, 0.5) is 25.8 Å². The molecule has 1 N–H and O–H groups in total. The summed E-state index contributed by atoms with van der Waals surface area (Å²) < 4.78 is 28.1. The maximum Gasteiger partial charge on any atom is 0.269 e. The van der Waals surface area contributed by atoms with Crippen LogP contribution in [-0.2, 0) is 6.42 Å². The number of rotatable bonds is 5. The Morgan fingerprint density at radius 3 is 2.49 bits per heavy atom. The lowest BCUT2D eigenvalue weighted by molar-refractivity contribution is -0.384. The summed E-state index contributed by atoms with van der Waals surface area (Å²) in [7, 11) is 0. The third-order valence-corrected chi connectivity index (χ3v) is 7.97. The van der Waals surface area contributed by atoms with Gasteiger partial charge in [-0.3, -0.25) is 14.9 Å². The standard InChI is InChI=1S/C25H17F2N3O3S2/c1-14(28-22-18(26)3-2-4-19(22)27)21-13-16-9-11-29(20-10-12-34-24(20)23(16)35-21)25(31)15-5-7-17(8-6-15)30(32)33/h2-8,10,12-13,28H,1,9,11H2. The minimum Gasteiger partial charge on any atom is -0.350 e. The summed E-state index contributed by atoms with van der Waals surface area (Å²) in [4.78, 5) is 28.0. The molecule has 4 aromatic rings. The van der Waals surface area contributed by atoms with Crippen molar-refractivity contribution in [1.29, 1.82) is 0 Å². The van der Waals surface area contributed by atoms with Crippen molar-refractivity contribution >= 4 is 51.3 Å². The molecule has 1 aliphatic heterocycles. The van der Waals surface area contributed by atoms with E-state index in [1.165, 1.54) is 65.1 Å². The molecular weight excluding hydrogens is 492 g/mol. The van der Waals surface area contributed by atoms with Crippen LogP contribution in [0.3, 0.4) is 0 Å². The Bertz CT molecular complexity index is 1460. The fourth-order valence-corrected chi connectivity index (χ4v) is 6.14. The van der Waals surface area contributed by atoms with E-state index in [-0.39, 0.29) is 17.3 Å². The van der Waals surface area contributed by atoms with Crippen LogP contribution in [0.25, 0.3) is 15.5 Å². The van der Waals surface area contributed by atoms with E-state index in [1.807, 2.05) is 17.5 Å². The molecule has 2 aromatic carbocycles. The van der Waals surface area contributed by atoms with Gasteiger partial charge in [-0.2, -0.15) is 0 Å². The van der Waals surface area contributed by atoms with Crippen molar-refractivity contribution in [3.05, 3.63) is 104 Å². The molecule has 0 unspecified atom stereocenters. The summed E-state index contributed by atoms with van der Waals surface area (Å²) in [5.74, 6) is -1.65. The number of anilines is 2. The number of thiophene rings is 2. The van der Waals surface area contributed by atoms with Gasteiger partial charge in [0.25, 0.3) is 11.6 Å². The number of para-hydroxylation sites is 1. The van der Waals surface area contributed by atoms with E-state index in [0.717, 1.165) is 25.9 Å². The van der Waals surface area contributed by atoms with Gasteiger partial charge < -0.3 is 10.2 Å². The van der Waals surface area contributed by atoms with E-state index in [0.29, 0.717) is 24.2 Å². The number of benzene rings is 2. The molecule has 0 atom stereocenters. The second-order valence-electron chi connectivity index (χ2n) is 7.81. The molecule has 0 saturated heterocycles. The SMILES string of the molecule is C=C(Nc1c(F)cccc1F)c1cc2c(s1)-c1sccc1N(C(=O)c1ccc([N+](=O)[O-])cc1)CC2. The van der Waals surface area contributed by atoms with Crippen molar-refractivity contribution in [3.8, 4) is 9.75 Å². The number of hydrogen-bond acceptors (Lipinski definition) is 6. The molecule has 0 spiro atoms. The number of fused-ring (bicyclic) bond motifs is 3. The summed E-state index contributed by atoms with van der Waals surface area (Å²) in [6.45, 7) is 4.38. The maximum atomic E-state index is 14.1. The van der Waals surface area contributed by atoms with Crippen molar-refractivity contribution in [1.82, 2.24) is 0 Å². The quantitative estimate of drug-likeness (QED) is 0.233. The van der Waals surface area contributed by atoms with Gasteiger partial charge in [0.05, 0.1) is 25.2 Å². The Balaban J connectivity index is 1.43. The lowest BCUT2D eigenvalue weighted by atomic mass is 10.1. The first-order valence-corrected chi connectivity index (χ1v) is 12.2. The molecule has 6 nitrogen and oxygen atoms in total. The average molecular weight is 510 g/mol. The zero-order valence-corrected chi connectivity index (χ0v) is 19.7. The fraction of sp³-hybridized carbons (Fsp3) is 0.0800. The number of carbonyl (C=O) groups excluding carboxylic acids is 1. The number of amides is 1. The molecule has 1 amide bonds. The third-order valence-electron chi connectivity index (χ3n) is 5.66. The Morgan fingerprint density at radius 2 is 1.80 bits per heavy atom. The lowest BCUT2D eigenvalue weighted by Crippen LogP contribution is -2.32. The molecule has 0 aliphatic carbocycles. The summed E-state index contributed by atoms with van der Waals surface area (Å²) in [5.41, 5.74) is 2.17. The Labute approximate surface area is 206 Å². The van der Waals surface area contributed by atoms with Gasteiger partial charge in [0.15, 0.2) is 0 Å². The van der Waals surface area contributed by atoms with Crippen molar-refractivity contribution < 1.29 is 18.5 Å². The van der Waals surface area contributed by atoms with Crippen LogP contribution in [0.5, 0.6) is 0 Å². The Morgan fingerprint density at radius 1 is 1.09 bits per heavy atom. The molecule has 5 rings (SSSR count). The topological polar surface area (TPSA) is 75.5 Å². The minimum absolute atomic E-state index is 0.0764. The molecule has 176 valence electrons. The monoisotopic (exact) mass is 509 g/mol. The molecular formula is C25H17F2N3O3S2. The summed E-state index contributed by atoms with van der Waals surface area (Å²) in [6, 6.07) is 13.0. The van der Waals surface area contributed by atoms with Gasteiger partial charge in [-0.15, -0.1) is 22.7 Å². The van der Waals surface area contributed by atoms with Gasteiger partial charge in [0.1, 0.15) is 17.3 Å². The number of nitrogens with one attached hydrogen (secondary N) is 1. The van der Waals surface area contributed by atoms with Crippen LogP contribution in [0, 0.1) is 21.7 Å². The Kier molecular flexibility index (Phi) is 5.91. The molecule has 0 saturated carbocycles. The number of nitro groups is 1. The van der Waals surface area contributed by atoms with E-state index < -0.39 is 16.6 Å². The van der Waals surface area contributed by atoms with E-state index in [9.17, 15) is 23.7 Å². The maximum absolute atomic E-state index is 14.1. The van der Waals surface area contributed by atoms with Gasteiger partial charge in [0.2, 0.25) is 0 Å². The van der Waals surface area contributed by atoms with E-state index in [2.05, 4.69) is 11.9 Å². The second-order valence-corrected chi connectivity index (χ2v) is 9.78. The Hall–Kier alpha value is -3.89. The summed E-state index contributed by atoms with van der Waals surface area (Å²) >= 11 is 2.94. The number of nitrogens with zero attached hydrogens (tertiary/aromatic N) is 2. The van der Waals surface area contributed by atoms with Gasteiger partial charge in [0, 0.05) is 29.9 Å². The van der Waals surface area contributed by atoms with Crippen LogP contribution < -0.4 is 10.2 Å². The van der Waals surface area contributed by atoms with Gasteiger partial charge >= 0.3 is 0 Å². The van der Waals surface area contributed by atoms with Crippen LogP contribution in [-0.4, -0.2) is 17.4 Å². The average Bonchev–Trinajstić information content (AvgIpc) is 3.46. The number of halogens is 2. The third kappa shape index (κ3) is 4.22. The highest BCUT2D eigenvalue weighted by molar-refractivity contribution is 7.22. The van der Waals surface area contributed by atoms with Crippen LogP contribution in [0.1, 0.15) is 20.8 Å². The number of non-ortho nitro benzene ring substituents is 1. The predicted octanol–water partition coefficient (Wildman–Crippen LogP) is 6.95. The smallest absolute Gasteiger partial charge is 0.269 e. The first-order valence-electron chi connectivity index (χ1n) is 10.5. The zero-order valence-electron chi connectivity index (χ0n) is 18.1. The largest absolute Gasteiger partial charge is 0.350 e. The van der Waals surface area contributed by atoms with E-state index >= 15 is 0 Å². The molecule has 0 radical (unpaired) electrons. The first-order chi connectivity index (χ1) is 16.8. The minimum atomic E-state index is -0.704. The van der Waals surface area contributed by atoms with Crippen LogP contribution in [0.15, 0.2) is 66.6 Å². The summed E-state index contributed by atoms with van der Waals surface area (Å²) in [6.07, 6.45) is 0.563. The fourth-order valence-electron chi connectivity index (χ4n) is 3.92. The van der Waals surface area contributed by atoms with Crippen LogP contribution >= 0.6 is 22.7 Å². The van der Waals surface area contributed by atoms with Crippen molar-refractivity contribution in [3.63, 3.8) is 0 Å². The van der Waals surface area contributed by atoms with E-state index in [1.54, 1.807) is 4.90 Å². The van der Waals surface area contributed by atoms with Gasteiger partial charge in [-0.05, 0) is 53.8 Å². The predicted molar refractivity (Wildman–Crippen MR) is 135 cm³/mol. The highest BCUT2D eigenvalue weighted by Crippen LogP contribution is 2.46. The molecule has 35 heavy (non-hydrogen) atoms. The normalized spacial score (nSPS) is 12.5. The van der Waals surface area contributed by atoms with Crippen molar-refractivity contribution in [2.75, 3.05) is 16.8 Å². The molecule has 3 heterocycles. The molecule has 10 heteroatoms. The van der Waals surface area contributed by atoms with Crippen molar-refractivity contribution in [2.45, 2.75) is 6.42 Å². The molecule has 0 fully saturated rings. The number of carbonyl (C=O) groups is 1. The highest BCUT2D eigenvalue weighted by atomic mass is 32.1. The first kappa shape index (κ1) is 22.9. The van der Waals surface area contributed by atoms with Crippen LogP contribution in [0.2, 0.25) is 0 Å². The lowest BCUT2D eigenvalue weighted by Gasteiger charge is -2.21. The van der Waals surface area contributed by atoms with E-state index in [4.69, 9.17) is 0 Å². The van der Waals surface area contributed by atoms with Gasteiger partial charge in [-0.1, -0.05) is 12.6 Å². The molecule has 2 aromatic heterocycles. The zero-order chi connectivity index (χ0) is 24.7. The molecule has 0 bridgehead atoms. The number of hydrogen-bond donors (Lipinski definition) is 1.